The van der Waals surface area contributed by atoms with Gasteiger partial charge in [-0.05, 0) is 22.8 Å². The number of hydrogen-bond donors (Lipinski definition) is 3. The Morgan fingerprint density at radius 1 is 1.11 bits per heavy atom. The molecule has 102 valence electrons. The molecule has 2 aromatic rings. The third kappa shape index (κ3) is 3.06. The first-order valence-electron chi connectivity index (χ1n) is 6.67. The van der Waals surface area contributed by atoms with Gasteiger partial charge in [0.1, 0.15) is 5.75 Å². The van der Waals surface area contributed by atoms with Crippen LogP contribution >= 0.6 is 0 Å². The fourth-order valence-electron chi connectivity index (χ4n) is 2.25. The van der Waals surface area contributed by atoms with E-state index in [1.54, 1.807) is 6.07 Å². The number of fused-ring (bicyclic) bond motifs is 1. The lowest BCUT2D eigenvalue weighted by molar-refractivity contribution is 0.210. The molecule has 2 rings (SSSR count). The van der Waals surface area contributed by atoms with Crippen molar-refractivity contribution in [2.45, 2.75) is 26.4 Å². The molecule has 0 amide bonds. The maximum Gasteiger partial charge on any atom is 0.120 e. The van der Waals surface area contributed by atoms with Crippen LogP contribution in [-0.2, 0) is 6.54 Å². The van der Waals surface area contributed by atoms with E-state index in [2.05, 4.69) is 19.2 Å². The van der Waals surface area contributed by atoms with Gasteiger partial charge in [0.15, 0.2) is 0 Å². The van der Waals surface area contributed by atoms with Crippen LogP contribution < -0.4 is 5.32 Å². The molecule has 1 unspecified atom stereocenters. The smallest absolute Gasteiger partial charge is 0.120 e. The first-order valence-corrected chi connectivity index (χ1v) is 6.67. The molecule has 0 fully saturated rings. The number of nitrogens with one attached hydrogen (secondary N) is 1. The minimum Gasteiger partial charge on any atom is -0.508 e. The van der Waals surface area contributed by atoms with E-state index in [4.69, 9.17) is 0 Å². The van der Waals surface area contributed by atoms with E-state index in [9.17, 15) is 10.2 Å². The van der Waals surface area contributed by atoms with E-state index in [0.717, 1.165) is 16.3 Å². The third-order valence-corrected chi connectivity index (χ3v) is 3.56. The van der Waals surface area contributed by atoms with Crippen LogP contribution in [0.3, 0.4) is 0 Å². The molecular formula is C16H21NO2. The normalized spacial score (nSPS) is 13.1. The average Bonchev–Trinajstić information content (AvgIpc) is 2.41. The molecular weight excluding hydrogens is 238 g/mol. The summed E-state index contributed by atoms with van der Waals surface area (Å²) in [5, 5.41) is 24.8. The Labute approximate surface area is 113 Å². The summed E-state index contributed by atoms with van der Waals surface area (Å²) in [4.78, 5) is 0. The zero-order chi connectivity index (χ0) is 13.8. The van der Waals surface area contributed by atoms with E-state index >= 15 is 0 Å². The van der Waals surface area contributed by atoms with Crippen LogP contribution in [0, 0.1) is 5.92 Å². The van der Waals surface area contributed by atoms with Crippen LogP contribution in [0.5, 0.6) is 5.75 Å². The van der Waals surface area contributed by atoms with E-state index in [1.807, 2.05) is 30.3 Å². The van der Waals surface area contributed by atoms with E-state index in [1.165, 1.54) is 0 Å². The van der Waals surface area contributed by atoms with Crippen LogP contribution in [-0.4, -0.2) is 22.9 Å². The predicted octanol–water partition coefficient (Wildman–Crippen LogP) is 2.65. The number of aliphatic hydroxyl groups excluding tert-OH is 1. The number of rotatable bonds is 5. The van der Waals surface area contributed by atoms with Crippen molar-refractivity contribution in [1.29, 1.82) is 0 Å². The summed E-state index contributed by atoms with van der Waals surface area (Å²) in [6, 6.07) is 11.7. The zero-order valence-electron chi connectivity index (χ0n) is 11.4. The SMILES string of the molecule is CC(C)C(CO)NCc1c(O)ccc2ccccc12. The Balaban J connectivity index is 2.27. The predicted molar refractivity (Wildman–Crippen MR) is 78.2 cm³/mol. The van der Waals surface area contributed by atoms with Crippen LogP contribution in [0.15, 0.2) is 36.4 Å². The molecule has 0 aliphatic rings. The molecule has 0 heterocycles. The summed E-state index contributed by atoms with van der Waals surface area (Å²) < 4.78 is 0. The lowest BCUT2D eigenvalue weighted by Gasteiger charge is -2.21. The first-order chi connectivity index (χ1) is 9.13. The largest absolute Gasteiger partial charge is 0.508 e. The van der Waals surface area contributed by atoms with Gasteiger partial charge in [-0.1, -0.05) is 44.2 Å². The van der Waals surface area contributed by atoms with Crippen LogP contribution in [0.2, 0.25) is 0 Å². The monoisotopic (exact) mass is 259 g/mol. The lowest BCUT2D eigenvalue weighted by Crippen LogP contribution is -2.36. The van der Waals surface area contributed by atoms with Gasteiger partial charge in [0.25, 0.3) is 0 Å². The Morgan fingerprint density at radius 3 is 2.53 bits per heavy atom. The Bertz CT molecular complexity index is 551. The fourth-order valence-corrected chi connectivity index (χ4v) is 2.25. The van der Waals surface area contributed by atoms with Crippen molar-refractivity contribution in [1.82, 2.24) is 5.32 Å². The summed E-state index contributed by atoms with van der Waals surface area (Å²) in [7, 11) is 0. The number of benzene rings is 2. The van der Waals surface area contributed by atoms with Crippen molar-refractivity contribution in [3.05, 3.63) is 42.0 Å². The Morgan fingerprint density at radius 2 is 1.84 bits per heavy atom. The molecule has 0 radical (unpaired) electrons. The second kappa shape index (κ2) is 6.04. The highest BCUT2D eigenvalue weighted by Gasteiger charge is 2.13. The van der Waals surface area contributed by atoms with Gasteiger partial charge in [-0.3, -0.25) is 0 Å². The van der Waals surface area contributed by atoms with Crippen LogP contribution in [0.1, 0.15) is 19.4 Å². The number of aliphatic hydroxyl groups is 1. The molecule has 19 heavy (non-hydrogen) atoms. The Hall–Kier alpha value is -1.58. The molecule has 0 aromatic heterocycles. The molecule has 0 spiro atoms. The molecule has 3 heteroatoms. The number of phenols is 1. The molecule has 0 aliphatic carbocycles. The maximum atomic E-state index is 10.0. The Kier molecular flexibility index (Phi) is 4.40. The van der Waals surface area contributed by atoms with E-state index in [-0.39, 0.29) is 12.6 Å². The van der Waals surface area contributed by atoms with Gasteiger partial charge < -0.3 is 15.5 Å². The molecule has 3 N–H and O–H groups in total. The average molecular weight is 259 g/mol. The summed E-state index contributed by atoms with van der Waals surface area (Å²) in [5.74, 6) is 0.647. The first kappa shape index (κ1) is 13.8. The maximum absolute atomic E-state index is 10.0. The van der Waals surface area contributed by atoms with E-state index < -0.39 is 0 Å². The van der Waals surface area contributed by atoms with Gasteiger partial charge in [-0.2, -0.15) is 0 Å². The van der Waals surface area contributed by atoms with Crippen molar-refractivity contribution in [3.63, 3.8) is 0 Å². The summed E-state index contributed by atoms with van der Waals surface area (Å²) in [6.07, 6.45) is 0. The van der Waals surface area contributed by atoms with Crippen LogP contribution in [0.25, 0.3) is 10.8 Å². The summed E-state index contributed by atoms with van der Waals surface area (Å²) >= 11 is 0. The molecule has 3 nitrogen and oxygen atoms in total. The van der Waals surface area contributed by atoms with Gasteiger partial charge in [-0.25, -0.2) is 0 Å². The fraction of sp³-hybridized carbons (Fsp3) is 0.375. The van der Waals surface area contributed by atoms with Crippen LogP contribution in [0.4, 0.5) is 0 Å². The van der Waals surface area contributed by atoms with Crippen molar-refractivity contribution in [2.24, 2.45) is 5.92 Å². The third-order valence-electron chi connectivity index (χ3n) is 3.56. The number of aromatic hydroxyl groups is 1. The molecule has 0 saturated carbocycles. The van der Waals surface area contributed by atoms with Gasteiger partial charge in [0.05, 0.1) is 6.61 Å². The minimum absolute atomic E-state index is 0.0402. The van der Waals surface area contributed by atoms with Gasteiger partial charge in [0.2, 0.25) is 0 Å². The minimum atomic E-state index is 0.0402. The van der Waals surface area contributed by atoms with Crippen molar-refractivity contribution in [3.8, 4) is 5.75 Å². The lowest BCUT2D eigenvalue weighted by atomic mass is 10.0. The van der Waals surface area contributed by atoms with E-state index in [0.29, 0.717) is 18.2 Å². The second-order valence-corrected chi connectivity index (χ2v) is 5.20. The number of phenolic OH excluding ortho intramolecular Hbond substituents is 1. The highest BCUT2D eigenvalue weighted by atomic mass is 16.3. The van der Waals surface area contributed by atoms with Gasteiger partial charge in [-0.15, -0.1) is 0 Å². The summed E-state index contributed by atoms with van der Waals surface area (Å²) in [5.41, 5.74) is 0.886. The quantitative estimate of drug-likeness (QED) is 0.773. The van der Waals surface area contributed by atoms with Gasteiger partial charge >= 0.3 is 0 Å². The standard InChI is InChI=1S/C16H21NO2/c1-11(2)15(10-18)17-9-14-13-6-4-3-5-12(13)7-8-16(14)19/h3-8,11,15,17-19H,9-10H2,1-2H3. The molecule has 1 atom stereocenters. The van der Waals surface area contributed by atoms with Crippen molar-refractivity contribution < 1.29 is 10.2 Å². The second-order valence-electron chi connectivity index (χ2n) is 5.20. The van der Waals surface area contributed by atoms with Gasteiger partial charge in [0, 0.05) is 18.2 Å². The topological polar surface area (TPSA) is 52.5 Å². The highest BCUT2D eigenvalue weighted by Crippen LogP contribution is 2.27. The highest BCUT2D eigenvalue weighted by molar-refractivity contribution is 5.87. The van der Waals surface area contributed by atoms with Crippen molar-refractivity contribution in [2.75, 3.05) is 6.61 Å². The molecule has 2 aromatic carbocycles. The molecule has 0 aliphatic heterocycles. The summed E-state index contributed by atoms with van der Waals surface area (Å²) in [6.45, 7) is 4.79. The number of hydrogen-bond acceptors (Lipinski definition) is 3. The molecule has 0 saturated heterocycles. The van der Waals surface area contributed by atoms with Crippen molar-refractivity contribution >= 4 is 10.8 Å². The molecule has 0 bridgehead atoms. The zero-order valence-corrected chi connectivity index (χ0v) is 11.4.